The van der Waals surface area contributed by atoms with Crippen molar-refractivity contribution in [3.63, 3.8) is 0 Å². The number of nitrogens with two attached hydrogens (primary N) is 1. The number of carbonyl (C=O) groups is 1. The minimum Gasteiger partial charge on any atom is -0.493 e. The van der Waals surface area contributed by atoms with Crippen LogP contribution in [-0.2, 0) is 0 Å². The highest BCUT2D eigenvalue weighted by atomic mass is 16.5. The molecule has 2 N–H and O–H groups in total. The van der Waals surface area contributed by atoms with Crippen molar-refractivity contribution in [3.8, 4) is 5.75 Å². The number of amides is 1. The fraction of sp³-hybridized carbons (Fsp3) is 0.350. The molecular weight excluding hydrogens is 300 g/mol. The van der Waals surface area contributed by atoms with Crippen LogP contribution >= 0.6 is 0 Å². The highest BCUT2D eigenvalue weighted by Crippen LogP contribution is 2.33. The maximum atomic E-state index is 13.0. The Morgan fingerprint density at radius 3 is 2.54 bits per heavy atom. The van der Waals surface area contributed by atoms with E-state index < -0.39 is 0 Å². The zero-order valence-corrected chi connectivity index (χ0v) is 14.0. The summed E-state index contributed by atoms with van der Waals surface area (Å²) < 4.78 is 5.61. The number of likely N-dealkylation sites (tertiary alicyclic amines) is 1. The van der Waals surface area contributed by atoms with Crippen molar-refractivity contribution >= 4 is 5.91 Å². The molecule has 0 bridgehead atoms. The fourth-order valence-electron chi connectivity index (χ4n) is 3.45. The highest BCUT2D eigenvalue weighted by Gasteiger charge is 2.36. The van der Waals surface area contributed by atoms with Gasteiger partial charge in [-0.1, -0.05) is 42.5 Å². The standard InChI is InChI=1S/C20H24N2O2/c1-2-24-19-11-7-6-10-17(19)20(23)22-13-16(12-21)18(14-22)15-8-4-3-5-9-15/h3-11,16,18H,2,12-14,21H2,1H3/t16-,18+/m1/s1. The number of carbonyl (C=O) groups excluding carboxylic acids is 1. The molecule has 0 unspecified atom stereocenters. The average molecular weight is 324 g/mol. The second-order valence-electron chi connectivity index (χ2n) is 6.15. The maximum absolute atomic E-state index is 13.0. The van der Waals surface area contributed by atoms with Gasteiger partial charge in [0.15, 0.2) is 0 Å². The lowest BCUT2D eigenvalue weighted by molar-refractivity contribution is 0.0782. The first-order valence-electron chi connectivity index (χ1n) is 8.50. The molecule has 0 saturated carbocycles. The van der Waals surface area contributed by atoms with Gasteiger partial charge in [-0.25, -0.2) is 0 Å². The summed E-state index contributed by atoms with van der Waals surface area (Å²) in [5.41, 5.74) is 7.86. The molecule has 4 heteroatoms. The summed E-state index contributed by atoms with van der Waals surface area (Å²) in [5.74, 6) is 1.25. The third kappa shape index (κ3) is 3.29. The van der Waals surface area contributed by atoms with Crippen molar-refractivity contribution in [2.24, 2.45) is 11.7 Å². The van der Waals surface area contributed by atoms with E-state index in [0.717, 1.165) is 0 Å². The van der Waals surface area contributed by atoms with Crippen molar-refractivity contribution in [1.82, 2.24) is 4.90 Å². The molecule has 1 aliphatic heterocycles. The number of hydrogen-bond donors (Lipinski definition) is 1. The lowest BCUT2D eigenvalue weighted by Crippen LogP contribution is -2.30. The van der Waals surface area contributed by atoms with Crippen LogP contribution in [0.5, 0.6) is 5.75 Å². The normalized spacial score (nSPS) is 20.2. The maximum Gasteiger partial charge on any atom is 0.257 e. The van der Waals surface area contributed by atoms with Gasteiger partial charge in [-0.2, -0.15) is 0 Å². The monoisotopic (exact) mass is 324 g/mol. The minimum atomic E-state index is 0.0240. The molecule has 2 atom stereocenters. The van der Waals surface area contributed by atoms with Crippen LogP contribution < -0.4 is 10.5 Å². The summed E-state index contributed by atoms with van der Waals surface area (Å²) in [4.78, 5) is 14.9. The molecule has 2 aromatic carbocycles. The molecule has 1 aliphatic rings. The predicted octanol–water partition coefficient (Wildman–Crippen LogP) is 2.90. The molecule has 3 rings (SSSR count). The molecule has 4 nitrogen and oxygen atoms in total. The summed E-state index contributed by atoms with van der Waals surface area (Å²) in [5, 5.41) is 0. The van der Waals surface area contributed by atoms with Gasteiger partial charge in [-0.15, -0.1) is 0 Å². The van der Waals surface area contributed by atoms with E-state index in [-0.39, 0.29) is 11.8 Å². The van der Waals surface area contributed by atoms with Crippen LogP contribution in [0, 0.1) is 5.92 Å². The van der Waals surface area contributed by atoms with E-state index in [1.807, 2.05) is 54.3 Å². The Morgan fingerprint density at radius 2 is 1.83 bits per heavy atom. The number of rotatable bonds is 5. The largest absolute Gasteiger partial charge is 0.493 e. The third-order valence-corrected chi connectivity index (χ3v) is 4.68. The smallest absolute Gasteiger partial charge is 0.257 e. The third-order valence-electron chi connectivity index (χ3n) is 4.68. The van der Waals surface area contributed by atoms with Crippen LogP contribution in [0.25, 0.3) is 0 Å². The molecule has 1 saturated heterocycles. The van der Waals surface area contributed by atoms with E-state index >= 15 is 0 Å². The van der Waals surface area contributed by atoms with Crippen molar-refractivity contribution < 1.29 is 9.53 Å². The zero-order valence-electron chi connectivity index (χ0n) is 14.0. The lowest BCUT2D eigenvalue weighted by atomic mass is 9.89. The Hall–Kier alpha value is -2.33. The molecule has 126 valence electrons. The van der Waals surface area contributed by atoms with Crippen molar-refractivity contribution in [1.29, 1.82) is 0 Å². The van der Waals surface area contributed by atoms with Gasteiger partial charge in [0.2, 0.25) is 0 Å². The summed E-state index contributed by atoms with van der Waals surface area (Å²) in [7, 11) is 0. The van der Waals surface area contributed by atoms with Crippen LogP contribution in [-0.4, -0.2) is 37.0 Å². The first-order valence-corrected chi connectivity index (χ1v) is 8.50. The average Bonchev–Trinajstić information content (AvgIpc) is 3.07. The lowest BCUT2D eigenvalue weighted by Gasteiger charge is -2.18. The zero-order chi connectivity index (χ0) is 16.9. The van der Waals surface area contributed by atoms with E-state index in [1.54, 1.807) is 0 Å². The number of benzene rings is 2. The Labute approximate surface area is 143 Å². The molecule has 2 aromatic rings. The van der Waals surface area contributed by atoms with Crippen LogP contribution in [0.15, 0.2) is 54.6 Å². The molecule has 1 heterocycles. The predicted molar refractivity (Wildman–Crippen MR) is 95.2 cm³/mol. The van der Waals surface area contributed by atoms with Gasteiger partial charge >= 0.3 is 0 Å². The number of para-hydroxylation sites is 1. The second-order valence-corrected chi connectivity index (χ2v) is 6.15. The van der Waals surface area contributed by atoms with Gasteiger partial charge in [0, 0.05) is 19.0 Å². The van der Waals surface area contributed by atoms with Crippen LogP contribution in [0.4, 0.5) is 0 Å². The Kier molecular flexibility index (Phi) is 5.16. The summed E-state index contributed by atoms with van der Waals surface area (Å²) >= 11 is 0. The number of nitrogens with zero attached hydrogens (tertiary/aromatic N) is 1. The first kappa shape index (κ1) is 16.5. The molecule has 1 fully saturated rings. The molecule has 0 radical (unpaired) electrons. The Bertz CT molecular complexity index is 687. The first-order chi connectivity index (χ1) is 11.7. The van der Waals surface area contributed by atoms with Gasteiger partial charge in [-0.3, -0.25) is 4.79 Å². The second kappa shape index (κ2) is 7.49. The number of ether oxygens (including phenoxy) is 1. The highest BCUT2D eigenvalue weighted by molar-refractivity contribution is 5.97. The van der Waals surface area contributed by atoms with Gasteiger partial charge in [0.25, 0.3) is 5.91 Å². The Morgan fingerprint density at radius 1 is 1.12 bits per heavy atom. The fourth-order valence-corrected chi connectivity index (χ4v) is 3.45. The van der Waals surface area contributed by atoms with Crippen molar-refractivity contribution in [2.75, 3.05) is 26.2 Å². The summed E-state index contributed by atoms with van der Waals surface area (Å²) in [6, 6.07) is 17.8. The minimum absolute atomic E-state index is 0.0240. The number of hydrogen-bond acceptors (Lipinski definition) is 3. The SMILES string of the molecule is CCOc1ccccc1C(=O)N1C[C@@H](CN)[C@H](c2ccccc2)C1. The van der Waals surface area contributed by atoms with Gasteiger partial charge < -0.3 is 15.4 Å². The van der Waals surface area contributed by atoms with Gasteiger partial charge in [0.1, 0.15) is 5.75 Å². The van der Waals surface area contributed by atoms with E-state index in [0.29, 0.717) is 43.5 Å². The van der Waals surface area contributed by atoms with E-state index in [9.17, 15) is 4.79 Å². The van der Waals surface area contributed by atoms with E-state index in [2.05, 4.69) is 12.1 Å². The molecule has 24 heavy (non-hydrogen) atoms. The molecule has 0 spiro atoms. The molecule has 0 aromatic heterocycles. The van der Waals surface area contributed by atoms with Crippen LogP contribution in [0.1, 0.15) is 28.8 Å². The van der Waals surface area contributed by atoms with E-state index in [4.69, 9.17) is 10.5 Å². The molecule has 1 amide bonds. The topological polar surface area (TPSA) is 55.6 Å². The van der Waals surface area contributed by atoms with Crippen LogP contribution in [0.3, 0.4) is 0 Å². The Balaban J connectivity index is 1.82. The molecule has 0 aliphatic carbocycles. The van der Waals surface area contributed by atoms with Gasteiger partial charge in [0.05, 0.1) is 12.2 Å². The van der Waals surface area contributed by atoms with Crippen molar-refractivity contribution in [2.45, 2.75) is 12.8 Å². The van der Waals surface area contributed by atoms with E-state index in [1.165, 1.54) is 5.56 Å². The van der Waals surface area contributed by atoms with Crippen LogP contribution in [0.2, 0.25) is 0 Å². The quantitative estimate of drug-likeness (QED) is 0.920. The van der Waals surface area contributed by atoms with Crippen molar-refractivity contribution in [3.05, 3.63) is 65.7 Å². The molecular formula is C20H24N2O2. The van der Waals surface area contributed by atoms with Gasteiger partial charge in [-0.05, 0) is 37.1 Å². The summed E-state index contributed by atoms with van der Waals surface area (Å²) in [6.07, 6.45) is 0. The summed E-state index contributed by atoms with van der Waals surface area (Å²) in [6.45, 7) is 4.44.